The molecule has 0 saturated carbocycles. The van der Waals surface area contributed by atoms with Crippen LogP contribution in [0.25, 0.3) is 0 Å². The lowest BCUT2D eigenvalue weighted by Gasteiger charge is -2.28. The third-order valence-electron chi connectivity index (χ3n) is 4.55. The second kappa shape index (κ2) is 7.64. The van der Waals surface area contributed by atoms with Crippen LogP contribution in [0.15, 0.2) is 48.5 Å². The van der Waals surface area contributed by atoms with Crippen LogP contribution in [0.2, 0.25) is 0 Å². The smallest absolute Gasteiger partial charge is 0.337 e. The van der Waals surface area contributed by atoms with Gasteiger partial charge in [-0.15, -0.1) is 0 Å². The number of nitrogens with one attached hydrogen (secondary N) is 1. The van der Waals surface area contributed by atoms with Gasteiger partial charge in [0.25, 0.3) is 11.8 Å². The van der Waals surface area contributed by atoms with E-state index in [4.69, 9.17) is 0 Å². The van der Waals surface area contributed by atoms with Gasteiger partial charge in [-0.25, -0.2) is 4.79 Å². The maximum Gasteiger partial charge on any atom is 0.337 e. The summed E-state index contributed by atoms with van der Waals surface area (Å²) in [6.07, 6.45) is 0. The molecule has 2 aromatic rings. The molecule has 1 atom stereocenters. The number of esters is 1. The Hall–Kier alpha value is -3.48. The molecule has 1 aliphatic rings. The number of nitrogens with zero attached hydrogens (tertiary/aromatic N) is 1. The molecule has 3 rings (SSSR count). The number of hydrogen-bond acceptors (Lipinski definition) is 5. The average Bonchev–Trinajstić information content (AvgIpc) is 2.93. The Balaban J connectivity index is 1.88. The number of methoxy groups -OCH3 is 1. The number of benzene rings is 2. The molecule has 1 heterocycles. The number of ether oxygens (including phenoxy) is 1. The number of imide groups is 1. The van der Waals surface area contributed by atoms with Crippen molar-refractivity contribution in [2.45, 2.75) is 19.9 Å². The van der Waals surface area contributed by atoms with Gasteiger partial charge in [0.05, 0.1) is 23.8 Å². The fourth-order valence-corrected chi connectivity index (χ4v) is 3.24. The molecule has 0 aromatic heterocycles. The number of carbonyl (C=O) groups is 4. The molecule has 0 spiro atoms. The molecule has 1 N–H and O–H groups in total. The topological polar surface area (TPSA) is 92.8 Å². The predicted molar refractivity (Wildman–Crippen MR) is 102 cm³/mol. The summed E-state index contributed by atoms with van der Waals surface area (Å²) in [7, 11) is 1.27. The van der Waals surface area contributed by atoms with Gasteiger partial charge < -0.3 is 10.1 Å². The van der Waals surface area contributed by atoms with Crippen LogP contribution in [0.3, 0.4) is 0 Å². The quantitative estimate of drug-likeness (QED) is 0.636. The second-order valence-corrected chi connectivity index (χ2v) is 6.78. The van der Waals surface area contributed by atoms with Gasteiger partial charge in [-0.2, -0.15) is 0 Å². The second-order valence-electron chi connectivity index (χ2n) is 6.78. The minimum Gasteiger partial charge on any atom is -0.465 e. The summed E-state index contributed by atoms with van der Waals surface area (Å²) >= 11 is 0. The maximum atomic E-state index is 13.0. The molecule has 28 heavy (non-hydrogen) atoms. The predicted octanol–water partition coefficient (Wildman–Crippen LogP) is 2.73. The van der Waals surface area contributed by atoms with Crippen LogP contribution in [-0.2, 0) is 9.53 Å². The van der Waals surface area contributed by atoms with Crippen molar-refractivity contribution in [2.75, 3.05) is 12.4 Å². The highest BCUT2D eigenvalue weighted by atomic mass is 16.5. The molecule has 7 nitrogen and oxygen atoms in total. The summed E-state index contributed by atoms with van der Waals surface area (Å²) in [6, 6.07) is 11.8. The lowest BCUT2D eigenvalue weighted by atomic mass is 10.0. The SMILES string of the molecule is COC(=O)c1cccc(NC(=O)C(C(C)C)N2C(=O)c3ccccc3C2=O)c1. The van der Waals surface area contributed by atoms with Crippen molar-refractivity contribution < 1.29 is 23.9 Å². The minimum absolute atomic E-state index is 0.280. The highest BCUT2D eigenvalue weighted by Gasteiger charge is 2.43. The lowest BCUT2D eigenvalue weighted by molar-refractivity contribution is -0.121. The maximum absolute atomic E-state index is 13.0. The number of amides is 3. The van der Waals surface area contributed by atoms with Crippen LogP contribution in [-0.4, -0.2) is 41.7 Å². The van der Waals surface area contributed by atoms with Crippen molar-refractivity contribution in [2.24, 2.45) is 5.92 Å². The summed E-state index contributed by atoms with van der Waals surface area (Å²) in [5, 5.41) is 2.69. The fraction of sp³-hybridized carbons (Fsp3) is 0.238. The monoisotopic (exact) mass is 380 g/mol. The first-order valence-corrected chi connectivity index (χ1v) is 8.81. The standard InChI is InChI=1S/C21H20N2O5/c1-12(2)17(23-19(25)15-9-4-5-10-16(15)20(23)26)18(24)22-14-8-6-7-13(11-14)21(27)28-3/h4-12,17H,1-3H3,(H,22,24). The number of rotatable bonds is 5. The van der Waals surface area contributed by atoms with Crippen molar-refractivity contribution >= 4 is 29.4 Å². The Bertz CT molecular complexity index is 932. The highest BCUT2D eigenvalue weighted by Crippen LogP contribution is 2.28. The molecule has 0 bridgehead atoms. The molecular formula is C21H20N2O5. The first-order valence-electron chi connectivity index (χ1n) is 8.81. The van der Waals surface area contributed by atoms with E-state index in [9.17, 15) is 19.2 Å². The zero-order valence-corrected chi connectivity index (χ0v) is 15.8. The van der Waals surface area contributed by atoms with Gasteiger partial charge in [0, 0.05) is 5.69 Å². The van der Waals surface area contributed by atoms with Crippen LogP contribution in [0.1, 0.15) is 44.9 Å². The van der Waals surface area contributed by atoms with E-state index in [1.165, 1.54) is 13.2 Å². The van der Waals surface area contributed by atoms with Crippen LogP contribution >= 0.6 is 0 Å². The van der Waals surface area contributed by atoms with Crippen molar-refractivity contribution in [3.63, 3.8) is 0 Å². The van der Waals surface area contributed by atoms with E-state index in [2.05, 4.69) is 10.1 Å². The summed E-state index contributed by atoms with van der Waals surface area (Å²) in [5.74, 6) is -2.33. The molecule has 0 radical (unpaired) electrons. The molecule has 1 aliphatic heterocycles. The third kappa shape index (κ3) is 3.38. The zero-order valence-electron chi connectivity index (χ0n) is 15.8. The van der Waals surface area contributed by atoms with Gasteiger partial charge in [-0.05, 0) is 36.2 Å². The third-order valence-corrected chi connectivity index (χ3v) is 4.55. The van der Waals surface area contributed by atoms with Crippen molar-refractivity contribution in [3.05, 3.63) is 65.2 Å². The molecule has 2 aromatic carbocycles. The minimum atomic E-state index is -0.991. The fourth-order valence-electron chi connectivity index (χ4n) is 3.24. The molecule has 7 heteroatoms. The molecule has 0 aliphatic carbocycles. The van der Waals surface area contributed by atoms with Crippen LogP contribution in [0, 0.1) is 5.92 Å². The highest BCUT2D eigenvalue weighted by molar-refractivity contribution is 6.23. The molecule has 144 valence electrons. The number of hydrogen-bond donors (Lipinski definition) is 1. The number of anilines is 1. The Labute approximate surface area is 162 Å². The lowest BCUT2D eigenvalue weighted by Crippen LogP contribution is -2.50. The number of carbonyl (C=O) groups excluding carboxylic acids is 4. The summed E-state index contributed by atoms with van der Waals surface area (Å²) < 4.78 is 4.68. The molecular weight excluding hydrogens is 360 g/mol. The van der Waals surface area contributed by atoms with Gasteiger partial charge in [0.15, 0.2) is 0 Å². The van der Waals surface area contributed by atoms with E-state index in [0.717, 1.165) is 4.90 Å². The first-order chi connectivity index (χ1) is 13.3. The van der Waals surface area contributed by atoms with Crippen molar-refractivity contribution in [1.82, 2.24) is 4.90 Å². The molecule has 0 fully saturated rings. The Morgan fingerprint density at radius 2 is 1.57 bits per heavy atom. The van der Waals surface area contributed by atoms with E-state index < -0.39 is 29.7 Å². The van der Waals surface area contributed by atoms with Gasteiger partial charge >= 0.3 is 5.97 Å². The molecule has 1 unspecified atom stereocenters. The van der Waals surface area contributed by atoms with E-state index in [0.29, 0.717) is 16.8 Å². The van der Waals surface area contributed by atoms with E-state index in [-0.39, 0.29) is 11.5 Å². The van der Waals surface area contributed by atoms with Gasteiger partial charge in [0.2, 0.25) is 5.91 Å². The first kappa shape index (κ1) is 19.3. The normalized spacial score (nSPS) is 14.1. The van der Waals surface area contributed by atoms with E-state index in [1.807, 2.05) is 0 Å². The van der Waals surface area contributed by atoms with Gasteiger partial charge in [-0.1, -0.05) is 32.0 Å². The molecule has 0 saturated heterocycles. The Morgan fingerprint density at radius 1 is 0.964 bits per heavy atom. The van der Waals surface area contributed by atoms with E-state index >= 15 is 0 Å². The largest absolute Gasteiger partial charge is 0.465 e. The van der Waals surface area contributed by atoms with Crippen molar-refractivity contribution in [1.29, 1.82) is 0 Å². The Morgan fingerprint density at radius 3 is 2.11 bits per heavy atom. The van der Waals surface area contributed by atoms with Gasteiger partial charge in [-0.3, -0.25) is 19.3 Å². The van der Waals surface area contributed by atoms with Gasteiger partial charge in [0.1, 0.15) is 6.04 Å². The summed E-state index contributed by atoms with van der Waals surface area (Å²) in [4.78, 5) is 51.2. The average molecular weight is 380 g/mol. The Kier molecular flexibility index (Phi) is 5.26. The summed E-state index contributed by atoms with van der Waals surface area (Å²) in [5.41, 5.74) is 1.23. The van der Waals surface area contributed by atoms with E-state index in [1.54, 1.807) is 56.3 Å². The zero-order chi connectivity index (χ0) is 20.4. The van der Waals surface area contributed by atoms with Crippen molar-refractivity contribution in [3.8, 4) is 0 Å². The van der Waals surface area contributed by atoms with Crippen LogP contribution in [0.4, 0.5) is 5.69 Å². The number of fused-ring (bicyclic) bond motifs is 1. The molecule has 3 amide bonds. The summed E-state index contributed by atoms with van der Waals surface area (Å²) in [6.45, 7) is 3.53. The van der Waals surface area contributed by atoms with Crippen LogP contribution in [0.5, 0.6) is 0 Å². The van der Waals surface area contributed by atoms with Crippen LogP contribution < -0.4 is 5.32 Å².